The smallest absolute Gasteiger partial charge is 0.271 e. The number of hydrogen-bond acceptors (Lipinski definition) is 3. The molecule has 0 aliphatic carbocycles. The van der Waals surface area contributed by atoms with Crippen molar-refractivity contribution in [1.29, 1.82) is 0 Å². The summed E-state index contributed by atoms with van der Waals surface area (Å²) in [5.74, 6) is 2.75. The van der Waals surface area contributed by atoms with Gasteiger partial charge in [0.2, 0.25) is 0 Å². The van der Waals surface area contributed by atoms with Crippen LogP contribution in [0.25, 0.3) is 5.69 Å². The highest BCUT2D eigenvalue weighted by Gasteiger charge is 2.07. The van der Waals surface area contributed by atoms with E-state index < -0.39 is 0 Å². The number of aryl methyl sites for hydroxylation is 2. The van der Waals surface area contributed by atoms with Gasteiger partial charge >= 0.3 is 0 Å². The highest BCUT2D eigenvalue weighted by Crippen LogP contribution is 2.17. The van der Waals surface area contributed by atoms with Crippen molar-refractivity contribution in [1.82, 2.24) is 9.99 Å². The van der Waals surface area contributed by atoms with E-state index in [1.807, 2.05) is 44.2 Å². The van der Waals surface area contributed by atoms with Gasteiger partial charge in [0.05, 0.1) is 6.21 Å². The molecular weight excluding hydrogens is 350 g/mol. The highest BCUT2D eigenvalue weighted by molar-refractivity contribution is 5.95. The predicted octanol–water partition coefficient (Wildman–Crippen LogP) is 3.87. The van der Waals surface area contributed by atoms with Crippen molar-refractivity contribution in [2.75, 3.05) is 6.61 Å². The normalized spacial score (nSPS) is 10.6. The molecule has 0 radical (unpaired) electrons. The zero-order valence-corrected chi connectivity index (χ0v) is 15.8. The summed E-state index contributed by atoms with van der Waals surface area (Å²) in [4.78, 5) is 12.3. The summed E-state index contributed by atoms with van der Waals surface area (Å²) < 4.78 is 7.59. The van der Waals surface area contributed by atoms with Crippen LogP contribution < -0.4 is 10.2 Å². The molecule has 1 heterocycles. The summed E-state index contributed by atoms with van der Waals surface area (Å²) in [5, 5.41) is 4.03. The van der Waals surface area contributed by atoms with Gasteiger partial charge in [-0.3, -0.25) is 4.79 Å². The monoisotopic (exact) mass is 371 g/mol. The number of ether oxygens (including phenoxy) is 1. The lowest BCUT2D eigenvalue weighted by atomic mass is 10.2. The number of amides is 1. The van der Waals surface area contributed by atoms with Crippen LogP contribution in [0.3, 0.4) is 0 Å². The second kappa shape index (κ2) is 8.74. The highest BCUT2D eigenvalue weighted by atomic mass is 16.5. The molecule has 0 atom stereocenters. The predicted molar refractivity (Wildman–Crippen MR) is 111 cm³/mol. The summed E-state index contributed by atoms with van der Waals surface area (Å²) in [7, 11) is 0. The van der Waals surface area contributed by atoms with Gasteiger partial charge in [-0.2, -0.15) is 5.10 Å². The van der Waals surface area contributed by atoms with Crippen LogP contribution in [-0.2, 0) is 0 Å². The van der Waals surface area contributed by atoms with E-state index in [-0.39, 0.29) is 12.5 Å². The number of hydrogen-bond donors (Lipinski definition) is 1. The molecule has 3 rings (SSSR count). The zero-order chi connectivity index (χ0) is 19.9. The van der Waals surface area contributed by atoms with Crippen LogP contribution in [0.5, 0.6) is 5.75 Å². The van der Waals surface area contributed by atoms with Gasteiger partial charge in [0.25, 0.3) is 5.91 Å². The minimum Gasteiger partial charge on any atom is -0.480 e. The minimum absolute atomic E-state index is 0.171. The maximum atomic E-state index is 12.3. The van der Waals surface area contributed by atoms with Crippen molar-refractivity contribution in [3.8, 4) is 23.8 Å². The third-order valence-corrected chi connectivity index (χ3v) is 4.26. The van der Waals surface area contributed by atoms with Gasteiger partial charge in [0, 0.05) is 28.2 Å². The van der Waals surface area contributed by atoms with E-state index in [0.717, 1.165) is 22.6 Å². The number of rotatable bonds is 6. The molecule has 0 spiro atoms. The van der Waals surface area contributed by atoms with E-state index in [0.29, 0.717) is 11.3 Å². The van der Waals surface area contributed by atoms with E-state index >= 15 is 0 Å². The molecule has 0 unspecified atom stereocenters. The van der Waals surface area contributed by atoms with Gasteiger partial charge in [-0.25, -0.2) is 5.43 Å². The van der Waals surface area contributed by atoms with E-state index in [4.69, 9.17) is 11.2 Å². The molecule has 5 heteroatoms. The summed E-state index contributed by atoms with van der Waals surface area (Å²) in [5.41, 5.74) is 7.09. The largest absolute Gasteiger partial charge is 0.480 e. The minimum atomic E-state index is -0.286. The third kappa shape index (κ3) is 4.30. The molecule has 0 aliphatic heterocycles. The molecule has 0 aliphatic rings. The molecule has 1 amide bonds. The molecule has 28 heavy (non-hydrogen) atoms. The lowest BCUT2D eigenvalue weighted by molar-refractivity contribution is 0.0955. The fourth-order valence-corrected chi connectivity index (χ4v) is 2.90. The molecule has 140 valence electrons. The van der Waals surface area contributed by atoms with Crippen LogP contribution >= 0.6 is 0 Å². The second-order valence-electron chi connectivity index (χ2n) is 6.23. The van der Waals surface area contributed by atoms with E-state index in [1.165, 1.54) is 6.21 Å². The molecule has 5 nitrogen and oxygen atoms in total. The Morgan fingerprint density at radius 1 is 1.11 bits per heavy atom. The van der Waals surface area contributed by atoms with Gasteiger partial charge < -0.3 is 9.30 Å². The Bertz CT molecular complexity index is 1020. The molecule has 0 fully saturated rings. The molecule has 2 aromatic carbocycles. The van der Waals surface area contributed by atoms with Gasteiger partial charge in [-0.1, -0.05) is 18.1 Å². The average Bonchev–Trinajstić information content (AvgIpc) is 3.05. The fraction of sp³-hybridized carbons (Fsp3) is 0.130. The Hall–Kier alpha value is -3.78. The maximum absolute atomic E-state index is 12.3. The number of nitrogens with one attached hydrogen (secondary N) is 1. The average molecular weight is 371 g/mol. The number of aromatic nitrogens is 1. The van der Waals surface area contributed by atoms with Gasteiger partial charge in [0.1, 0.15) is 12.4 Å². The molecule has 1 aromatic heterocycles. The number of benzene rings is 2. The lowest BCUT2D eigenvalue weighted by Gasteiger charge is -2.10. The first-order valence-electron chi connectivity index (χ1n) is 8.84. The Morgan fingerprint density at radius 3 is 2.46 bits per heavy atom. The fourth-order valence-electron chi connectivity index (χ4n) is 2.90. The van der Waals surface area contributed by atoms with Gasteiger partial charge in [-0.15, -0.1) is 6.42 Å². The molecule has 3 aromatic rings. The van der Waals surface area contributed by atoms with Crippen molar-refractivity contribution in [2.24, 2.45) is 5.10 Å². The summed E-state index contributed by atoms with van der Waals surface area (Å²) in [6.45, 7) is 4.27. The van der Waals surface area contributed by atoms with Crippen LogP contribution in [0.4, 0.5) is 0 Å². The quantitative estimate of drug-likeness (QED) is 0.406. The van der Waals surface area contributed by atoms with E-state index in [2.05, 4.69) is 33.1 Å². The number of para-hydroxylation sites is 1. The van der Waals surface area contributed by atoms with Gasteiger partial charge in [0.15, 0.2) is 0 Å². The van der Waals surface area contributed by atoms with Crippen molar-refractivity contribution < 1.29 is 9.53 Å². The van der Waals surface area contributed by atoms with Crippen molar-refractivity contribution in [2.45, 2.75) is 13.8 Å². The number of carbonyl (C=O) groups excluding carboxylic acids is 1. The van der Waals surface area contributed by atoms with Crippen molar-refractivity contribution in [3.05, 3.63) is 83.2 Å². The SMILES string of the molecule is C#CCOc1ccccc1C=NNC(=O)c1ccc(-n2c(C)ccc2C)cc1. The van der Waals surface area contributed by atoms with Crippen LogP contribution in [0, 0.1) is 26.2 Å². The second-order valence-corrected chi connectivity index (χ2v) is 6.23. The topological polar surface area (TPSA) is 55.6 Å². The van der Waals surface area contributed by atoms with Crippen molar-refractivity contribution in [3.63, 3.8) is 0 Å². The Labute approximate surface area is 164 Å². The van der Waals surface area contributed by atoms with E-state index in [1.54, 1.807) is 18.2 Å². The zero-order valence-electron chi connectivity index (χ0n) is 15.8. The van der Waals surface area contributed by atoms with E-state index in [9.17, 15) is 4.79 Å². The molecular formula is C23H21N3O2. The molecule has 0 bridgehead atoms. The lowest BCUT2D eigenvalue weighted by Crippen LogP contribution is -2.17. The van der Waals surface area contributed by atoms with Crippen LogP contribution in [0.2, 0.25) is 0 Å². The third-order valence-electron chi connectivity index (χ3n) is 4.26. The number of carbonyl (C=O) groups is 1. The molecule has 0 saturated heterocycles. The van der Waals surface area contributed by atoms with Crippen LogP contribution in [-0.4, -0.2) is 23.3 Å². The summed E-state index contributed by atoms with van der Waals surface area (Å²) >= 11 is 0. The van der Waals surface area contributed by atoms with Crippen LogP contribution in [0.1, 0.15) is 27.3 Å². The summed E-state index contributed by atoms with van der Waals surface area (Å²) in [6, 6.07) is 18.9. The van der Waals surface area contributed by atoms with Crippen LogP contribution in [0.15, 0.2) is 65.8 Å². The molecule has 1 N–H and O–H groups in total. The van der Waals surface area contributed by atoms with Gasteiger partial charge in [-0.05, 0) is 62.4 Å². The number of hydrazone groups is 1. The van der Waals surface area contributed by atoms with Crippen molar-refractivity contribution >= 4 is 12.1 Å². The molecule has 0 saturated carbocycles. The first-order chi connectivity index (χ1) is 13.6. The summed E-state index contributed by atoms with van der Waals surface area (Å²) in [6.07, 6.45) is 6.75. The Morgan fingerprint density at radius 2 is 1.79 bits per heavy atom. The first-order valence-corrected chi connectivity index (χ1v) is 8.84. The first kappa shape index (κ1) is 19.0. The number of terminal acetylenes is 1. The standard InChI is InChI=1S/C23H21N3O2/c1-4-15-28-22-8-6-5-7-20(22)16-24-25-23(27)19-11-13-21(14-12-19)26-17(2)9-10-18(26)3/h1,5-14,16H,15H2,2-3H3,(H,25,27). The number of nitrogens with zero attached hydrogens (tertiary/aromatic N) is 2. The Kier molecular flexibility index (Phi) is 5.93. The maximum Gasteiger partial charge on any atom is 0.271 e. The Balaban J connectivity index is 1.67.